The van der Waals surface area contributed by atoms with Crippen molar-refractivity contribution in [2.24, 2.45) is 5.10 Å². The first kappa shape index (κ1) is 17.4. The quantitative estimate of drug-likeness (QED) is 0.649. The van der Waals surface area contributed by atoms with Crippen LogP contribution in [-0.2, 0) is 0 Å². The van der Waals surface area contributed by atoms with E-state index in [-0.39, 0.29) is 5.91 Å². The molecule has 0 unspecified atom stereocenters. The van der Waals surface area contributed by atoms with Gasteiger partial charge >= 0.3 is 0 Å². The number of aryl methyl sites for hydroxylation is 2. The number of hydrogen-bond acceptors (Lipinski definition) is 6. The van der Waals surface area contributed by atoms with Crippen LogP contribution < -0.4 is 19.6 Å². The molecule has 128 valence electrons. The number of nitrogens with zero attached hydrogens (tertiary/aromatic N) is 1. The van der Waals surface area contributed by atoms with Gasteiger partial charge in [-0.05, 0) is 26.0 Å². The Labute approximate surface area is 140 Å². The normalized spacial score (nSPS) is 10.7. The Hall–Kier alpha value is -2.96. The zero-order chi connectivity index (χ0) is 17.7. The first-order valence-electron chi connectivity index (χ1n) is 7.20. The molecule has 0 spiro atoms. The van der Waals surface area contributed by atoms with Crippen LogP contribution >= 0.6 is 0 Å². The smallest absolute Gasteiger partial charge is 0.274 e. The number of carbonyl (C=O) groups excluding carboxylic acids is 1. The van der Waals surface area contributed by atoms with Crippen LogP contribution in [-0.4, -0.2) is 33.5 Å². The van der Waals surface area contributed by atoms with Gasteiger partial charge < -0.3 is 18.6 Å². The molecule has 7 heteroatoms. The van der Waals surface area contributed by atoms with Gasteiger partial charge in [-0.15, -0.1) is 0 Å². The third kappa shape index (κ3) is 3.68. The van der Waals surface area contributed by atoms with Gasteiger partial charge in [-0.2, -0.15) is 5.10 Å². The highest BCUT2D eigenvalue weighted by molar-refractivity contribution is 5.96. The summed E-state index contributed by atoms with van der Waals surface area (Å²) in [5.74, 6) is 2.49. The first-order chi connectivity index (χ1) is 11.5. The second-order valence-corrected chi connectivity index (χ2v) is 4.98. The molecule has 7 nitrogen and oxygen atoms in total. The monoisotopic (exact) mass is 332 g/mol. The summed E-state index contributed by atoms with van der Waals surface area (Å²) in [6, 6.07) is 5.06. The lowest BCUT2D eigenvalue weighted by atomic mass is 10.2. The standard InChI is InChI=1S/C17H20N2O5/c1-10-6-13(11(2)24-10)17(20)19-18-9-12-7-15(22-4)16(23-5)8-14(12)21-3/h6-9H,1-5H3,(H,19,20)/b18-9-. The summed E-state index contributed by atoms with van der Waals surface area (Å²) in [7, 11) is 4.62. The number of furan rings is 1. The van der Waals surface area contributed by atoms with E-state index in [2.05, 4.69) is 10.5 Å². The molecule has 0 radical (unpaired) electrons. The fourth-order valence-corrected chi connectivity index (χ4v) is 2.23. The summed E-state index contributed by atoms with van der Waals surface area (Å²) in [6.07, 6.45) is 1.47. The summed E-state index contributed by atoms with van der Waals surface area (Å²) in [5, 5.41) is 3.97. The lowest BCUT2D eigenvalue weighted by molar-refractivity contribution is 0.0953. The molecule has 0 aliphatic heterocycles. The zero-order valence-corrected chi connectivity index (χ0v) is 14.3. The fraction of sp³-hybridized carbons (Fsp3) is 0.294. The molecule has 1 N–H and O–H groups in total. The number of hydrogen-bond donors (Lipinski definition) is 1. The molecular weight excluding hydrogens is 312 g/mol. The Morgan fingerprint density at radius 1 is 1.04 bits per heavy atom. The highest BCUT2D eigenvalue weighted by atomic mass is 16.5. The molecule has 1 aromatic carbocycles. The van der Waals surface area contributed by atoms with Gasteiger partial charge in [0.05, 0.1) is 33.1 Å². The average molecular weight is 332 g/mol. The first-order valence-corrected chi connectivity index (χ1v) is 7.20. The van der Waals surface area contributed by atoms with E-state index in [1.54, 1.807) is 39.2 Å². The van der Waals surface area contributed by atoms with E-state index in [0.717, 1.165) is 0 Å². The van der Waals surface area contributed by atoms with Gasteiger partial charge in [0.1, 0.15) is 17.3 Å². The number of nitrogens with one attached hydrogen (secondary N) is 1. The molecule has 0 bridgehead atoms. The Bertz CT molecular complexity index is 765. The number of hydrazone groups is 1. The third-order valence-electron chi connectivity index (χ3n) is 3.39. The van der Waals surface area contributed by atoms with E-state index in [1.807, 2.05) is 0 Å². The molecule has 2 aromatic rings. The van der Waals surface area contributed by atoms with Gasteiger partial charge in [0.2, 0.25) is 0 Å². The molecule has 0 aliphatic rings. The topological polar surface area (TPSA) is 82.3 Å². The number of carbonyl (C=O) groups is 1. The number of ether oxygens (including phenoxy) is 3. The predicted molar refractivity (Wildman–Crippen MR) is 89.3 cm³/mol. The van der Waals surface area contributed by atoms with E-state index in [4.69, 9.17) is 18.6 Å². The van der Waals surface area contributed by atoms with Crippen molar-refractivity contribution in [3.63, 3.8) is 0 Å². The molecule has 2 rings (SSSR count). The van der Waals surface area contributed by atoms with Crippen molar-refractivity contribution in [2.75, 3.05) is 21.3 Å². The molecule has 24 heavy (non-hydrogen) atoms. The third-order valence-corrected chi connectivity index (χ3v) is 3.39. The lowest BCUT2D eigenvalue weighted by Gasteiger charge is -2.11. The van der Waals surface area contributed by atoms with Crippen LogP contribution in [0.15, 0.2) is 27.7 Å². The second kappa shape index (κ2) is 7.54. The summed E-state index contributed by atoms with van der Waals surface area (Å²) in [6.45, 7) is 3.50. The molecular formula is C17H20N2O5. The maximum atomic E-state index is 12.1. The predicted octanol–water partition coefficient (Wildman–Crippen LogP) is 2.69. The van der Waals surface area contributed by atoms with Gasteiger partial charge in [0.25, 0.3) is 5.91 Å². The van der Waals surface area contributed by atoms with E-state index in [9.17, 15) is 4.79 Å². The Kier molecular flexibility index (Phi) is 5.47. The average Bonchev–Trinajstić information content (AvgIpc) is 2.92. The van der Waals surface area contributed by atoms with E-state index in [1.165, 1.54) is 20.4 Å². The molecule has 0 saturated heterocycles. The summed E-state index contributed by atoms with van der Waals surface area (Å²) >= 11 is 0. The molecule has 1 heterocycles. The van der Waals surface area contributed by atoms with E-state index >= 15 is 0 Å². The molecule has 0 fully saturated rings. The van der Waals surface area contributed by atoms with Crippen LogP contribution in [0.1, 0.15) is 27.4 Å². The Balaban J connectivity index is 2.19. The van der Waals surface area contributed by atoms with Crippen molar-refractivity contribution in [1.82, 2.24) is 5.43 Å². The van der Waals surface area contributed by atoms with Crippen molar-refractivity contribution in [3.05, 3.63) is 40.8 Å². The molecule has 0 atom stereocenters. The van der Waals surface area contributed by atoms with Crippen LogP contribution in [0.2, 0.25) is 0 Å². The lowest BCUT2D eigenvalue weighted by Crippen LogP contribution is -2.17. The highest BCUT2D eigenvalue weighted by Crippen LogP contribution is 2.33. The summed E-state index contributed by atoms with van der Waals surface area (Å²) in [4.78, 5) is 12.1. The SMILES string of the molecule is COc1cc(OC)c(OC)cc1/C=N\NC(=O)c1cc(C)oc1C. The van der Waals surface area contributed by atoms with Gasteiger partial charge in [-0.1, -0.05) is 0 Å². The fourth-order valence-electron chi connectivity index (χ4n) is 2.23. The van der Waals surface area contributed by atoms with Gasteiger partial charge in [0.15, 0.2) is 11.5 Å². The van der Waals surface area contributed by atoms with Crippen molar-refractivity contribution in [1.29, 1.82) is 0 Å². The second-order valence-electron chi connectivity index (χ2n) is 4.98. The number of amides is 1. The van der Waals surface area contributed by atoms with Crippen molar-refractivity contribution in [3.8, 4) is 17.2 Å². The highest BCUT2D eigenvalue weighted by Gasteiger charge is 2.13. The molecule has 0 aliphatic carbocycles. The van der Waals surface area contributed by atoms with Crippen LogP contribution in [0.25, 0.3) is 0 Å². The maximum absolute atomic E-state index is 12.1. The van der Waals surface area contributed by atoms with Crippen LogP contribution in [0.5, 0.6) is 17.2 Å². The van der Waals surface area contributed by atoms with Crippen LogP contribution in [0, 0.1) is 13.8 Å². The minimum absolute atomic E-state index is 0.347. The van der Waals surface area contributed by atoms with E-state index in [0.29, 0.717) is 39.9 Å². The van der Waals surface area contributed by atoms with Crippen molar-refractivity contribution < 1.29 is 23.4 Å². The summed E-state index contributed by atoms with van der Waals surface area (Å²) < 4.78 is 21.1. The Morgan fingerprint density at radius 3 is 2.21 bits per heavy atom. The van der Waals surface area contributed by atoms with Gasteiger partial charge in [-0.25, -0.2) is 5.43 Å². The van der Waals surface area contributed by atoms with Crippen molar-refractivity contribution >= 4 is 12.1 Å². The van der Waals surface area contributed by atoms with Gasteiger partial charge in [-0.3, -0.25) is 4.79 Å². The van der Waals surface area contributed by atoms with Crippen LogP contribution in [0.4, 0.5) is 0 Å². The van der Waals surface area contributed by atoms with Crippen molar-refractivity contribution in [2.45, 2.75) is 13.8 Å². The number of rotatable bonds is 6. The number of benzene rings is 1. The number of methoxy groups -OCH3 is 3. The zero-order valence-electron chi connectivity index (χ0n) is 14.3. The summed E-state index contributed by atoms with van der Waals surface area (Å²) in [5.41, 5.74) is 3.54. The van der Waals surface area contributed by atoms with Crippen LogP contribution in [0.3, 0.4) is 0 Å². The van der Waals surface area contributed by atoms with Gasteiger partial charge in [0, 0.05) is 11.6 Å². The maximum Gasteiger partial charge on any atom is 0.274 e. The molecule has 0 saturated carbocycles. The minimum Gasteiger partial charge on any atom is -0.496 e. The molecule has 1 aromatic heterocycles. The minimum atomic E-state index is -0.347. The Morgan fingerprint density at radius 2 is 1.67 bits per heavy atom. The molecule has 1 amide bonds. The largest absolute Gasteiger partial charge is 0.496 e. The van der Waals surface area contributed by atoms with E-state index < -0.39 is 0 Å².